The van der Waals surface area contributed by atoms with Crippen LogP contribution in [0.25, 0.3) is 0 Å². The molecule has 14 atom stereocenters. The summed E-state index contributed by atoms with van der Waals surface area (Å²) in [4.78, 5) is 72.1. The molecule has 1 unspecified atom stereocenters. The predicted molar refractivity (Wildman–Crippen MR) is 287 cm³/mol. The summed E-state index contributed by atoms with van der Waals surface area (Å²) in [5.41, 5.74) is 1.07. The molecule has 3 aliphatic rings. The van der Waals surface area contributed by atoms with E-state index in [9.17, 15) is 52.8 Å². The molecule has 1 aliphatic carbocycles. The van der Waals surface area contributed by atoms with E-state index in [0.29, 0.717) is 56.1 Å². The van der Waals surface area contributed by atoms with Crippen molar-refractivity contribution in [3.8, 4) is 0 Å². The first-order valence-corrected chi connectivity index (χ1v) is 29.3. The first-order chi connectivity index (χ1) is 35.9. The van der Waals surface area contributed by atoms with Crippen molar-refractivity contribution in [3.05, 3.63) is 48.1 Å². The van der Waals surface area contributed by atoms with Gasteiger partial charge in [-0.15, -0.1) is 0 Å². The molecule has 76 heavy (non-hydrogen) atoms. The maximum Gasteiger partial charge on any atom is 0.329 e. The molecule has 18 nitrogen and oxygen atoms in total. The number of ketones is 3. The number of hydrogen-bond donors (Lipinski definition) is 4. The summed E-state index contributed by atoms with van der Waals surface area (Å²) in [5, 5.41) is 42.0. The highest BCUT2D eigenvalue weighted by atomic mass is 32.2. The number of likely N-dealkylation sites (tertiary alicyclic amines) is 1. The van der Waals surface area contributed by atoms with Gasteiger partial charge in [-0.3, -0.25) is 19.2 Å². The van der Waals surface area contributed by atoms with Crippen LogP contribution in [0.3, 0.4) is 0 Å². The summed E-state index contributed by atoms with van der Waals surface area (Å²) in [5.74, 6) is -9.04. The monoisotopic (exact) mass is 1100 g/mol. The lowest BCUT2D eigenvalue weighted by atomic mass is 9.78. The predicted octanol–water partition coefficient (Wildman–Crippen LogP) is 5.61. The zero-order valence-corrected chi connectivity index (χ0v) is 47.9. The van der Waals surface area contributed by atoms with Gasteiger partial charge in [-0.25, -0.2) is 13.2 Å². The van der Waals surface area contributed by atoms with Crippen molar-refractivity contribution < 1.29 is 81.2 Å². The van der Waals surface area contributed by atoms with Gasteiger partial charge in [0.1, 0.15) is 30.1 Å². The standard InChI is InChI=1S/C57H93NO17S/c1-12-13-14-17-37(4)48(73-27-29-76(68,69)28-25-60)34-44-21-19-42(9)57(67,75-44)54(64)55(65)58-23-16-15-18-45(58)56(66)74-49(39(6)32-43-20-22-47(72-26-24-59)50(33-43)70-10)35-46(61)38(5)31-41(8)52(63)53(71-11)51(62)40(7)30-36(2)3/h12-14,17,31,36,38-40,42-45,47-50,52-53,59-60,63,67H,1,15-16,18-30,32-35H2,2-11H3/b14-13+,37-17+,41-31+/t38-,39-,40-,42-,43+,44+,45+,47-,48?,49+,50-,52-,53+,57-/m1/s1. The number of allylic oxidation sites excluding steroid dienone is 5. The van der Waals surface area contributed by atoms with E-state index in [1.54, 1.807) is 72.1 Å². The van der Waals surface area contributed by atoms with Gasteiger partial charge in [0.05, 0.1) is 62.3 Å². The number of amides is 1. The molecule has 0 aromatic heterocycles. The Morgan fingerprint density at radius 1 is 0.882 bits per heavy atom. The van der Waals surface area contributed by atoms with Crippen molar-refractivity contribution in [1.82, 2.24) is 4.90 Å². The number of carbonyl (C=O) groups excluding carboxylic acids is 5. The van der Waals surface area contributed by atoms with Crippen molar-refractivity contribution in [2.75, 3.05) is 58.7 Å². The van der Waals surface area contributed by atoms with Gasteiger partial charge in [0, 0.05) is 51.4 Å². The lowest BCUT2D eigenvalue weighted by Gasteiger charge is -2.43. The number of ether oxygens (including phenoxy) is 6. The van der Waals surface area contributed by atoms with Gasteiger partial charge in [-0.2, -0.15) is 0 Å². The molecule has 4 N–H and O–H groups in total. The van der Waals surface area contributed by atoms with Gasteiger partial charge >= 0.3 is 5.97 Å². The van der Waals surface area contributed by atoms with Crippen LogP contribution >= 0.6 is 0 Å². The number of aliphatic hydroxyl groups is 4. The summed E-state index contributed by atoms with van der Waals surface area (Å²) in [7, 11) is -0.619. The highest BCUT2D eigenvalue weighted by molar-refractivity contribution is 7.91. The molecule has 2 saturated heterocycles. The third kappa shape index (κ3) is 20.0. The molecular formula is C57H93NO17S. The molecule has 0 bridgehead atoms. The Hall–Kier alpha value is -3.50. The van der Waals surface area contributed by atoms with Crippen LogP contribution in [-0.2, 0) is 62.2 Å². The van der Waals surface area contributed by atoms with Crippen molar-refractivity contribution in [3.63, 3.8) is 0 Å². The van der Waals surface area contributed by atoms with E-state index in [1.807, 2.05) is 20.8 Å². The zero-order chi connectivity index (χ0) is 56.9. The molecule has 434 valence electrons. The van der Waals surface area contributed by atoms with Crippen molar-refractivity contribution in [1.29, 1.82) is 0 Å². The second-order valence-electron chi connectivity index (χ2n) is 21.9. The molecule has 19 heteroatoms. The SMILES string of the molecule is C=C/C=C/C=C(\C)C(C[C@@H]1CC[C@@H](C)[C@](O)(C(=O)C(=O)N2CCCC[C@H]2C(=O)O[C@@H](CC(=O)[C@H](C)/C=C(\C)[C@@H](O)[C@@H](OC)C(=O)[C@H](C)CC(C)C)[C@H](C)C[C@@H]2CC[C@@H](OCCO)[C@H](OC)C2)O1)OCCS(=O)(=O)CCO. The highest BCUT2D eigenvalue weighted by Gasteiger charge is 2.53. The summed E-state index contributed by atoms with van der Waals surface area (Å²) < 4.78 is 60.4. The van der Waals surface area contributed by atoms with Gasteiger partial charge < -0.3 is 53.7 Å². The van der Waals surface area contributed by atoms with E-state index in [0.717, 1.165) is 11.3 Å². The number of rotatable bonds is 33. The number of aliphatic hydroxyl groups excluding tert-OH is 3. The highest BCUT2D eigenvalue weighted by Crippen LogP contribution is 2.38. The summed E-state index contributed by atoms with van der Waals surface area (Å²) >= 11 is 0. The van der Waals surface area contributed by atoms with Crippen LogP contribution in [0, 0.1) is 35.5 Å². The van der Waals surface area contributed by atoms with E-state index in [-0.39, 0.29) is 105 Å². The lowest BCUT2D eigenvalue weighted by Crippen LogP contribution is -2.61. The molecule has 2 aliphatic heterocycles. The lowest BCUT2D eigenvalue weighted by molar-refractivity contribution is -0.266. The number of methoxy groups -OCH3 is 2. The number of hydrogen-bond acceptors (Lipinski definition) is 17. The number of carbonyl (C=O) groups is 5. The average molecular weight is 1100 g/mol. The number of esters is 1. The van der Waals surface area contributed by atoms with Gasteiger partial charge in [-0.05, 0) is 107 Å². The van der Waals surface area contributed by atoms with Crippen LogP contribution < -0.4 is 0 Å². The molecule has 3 rings (SSSR count). The Kier molecular flexibility index (Phi) is 28.6. The molecule has 0 aromatic rings. The fraction of sp³-hybridized carbons (Fsp3) is 0.772. The minimum Gasteiger partial charge on any atom is -0.460 e. The van der Waals surface area contributed by atoms with Crippen molar-refractivity contribution >= 4 is 39.1 Å². The van der Waals surface area contributed by atoms with E-state index in [1.165, 1.54) is 7.11 Å². The Bertz CT molecular complexity index is 2090. The zero-order valence-electron chi connectivity index (χ0n) is 47.1. The topological polar surface area (TPSA) is 259 Å². The minimum absolute atomic E-state index is 0.0132. The molecule has 1 saturated carbocycles. The van der Waals surface area contributed by atoms with Crippen LogP contribution in [0.4, 0.5) is 0 Å². The van der Waals surface area contributed by atoms with E-state index in [2.05, 4.69) is 6.58 Å². The summed E-state index contributed by atoms with van der Waals surface area (Å²) in [6.07, 6.45) is 7.87. The molecule has 0 aromatic carbocycles. The molecule has 2 heterocycles. The number of nitrogens with zero attached hydrogens (tertiary/aromatic N) is 1. The smallest absolute Gasteiger partial charge is 0.329 e. The van der Waals surface area contributed by atoms with E-state index in [4.69, 9.17) is 28.4 Å². The second-order valence-corrected chi connectivity index (χ2v) is 24.2. The third-order valence-corrected chi connectivity index (χ3v) is 17.0. The third-order valence-electron chi connectivity index (χ3n) is 15.4. The molecular weight excluding hydrogens is 1000 g/mol. The van der Waals surface area contributed by atoms with E-state index < -0.39 is 94.0 Å². The van der Waals surface area contributed by atoms with Crippen LogP contribution in [0.15, 0.2) is 48.1 Å². The largest absolute Gasteiger partial charge is 0.460 e. The molecule has 3 fully saturated rings. The van der Waals surface area contributed by atoms with Crippen molar-refractivity contribution in [2.45, 2.75) is 187 Å². The summed E-state index contributed by atoms with van der Waals surface area (Å²) in [6.45, 7) is 17.4. The van der Waals surface area contributed by atoms with Gasteiger partial charge in [-0.1, -0.05) is 78.5 Å². The van der Waals surface area contributed by atoms with Crippen LogP contribution in [-0.4, -0.2) is 176 Å². The number of Topliss-reactive ketones (excluding diaryl/α,β-unsaturated/α-hetero) is 3. The Balaban J connectivity index is 1.90. The number of sulfone groups is 1. The fourth-order valence-electron chi connectivity index (χ4n) is 10.8. The maximum absolute atomic E-state index is 14.6. The van der Waals surface area contributed by atoms with Crippen LogP contribution in [0.1, 0.15) is 132 Å². The Morgan fingerprint density at radius 2 is 1.59 bits per heavy atom. The minimum atomic E-state index is -3.59. The fourth-order valence-corrected chi connectivity index (χ4v) is 11.6. The first kappa shape index (κ1) is 66.8. The molecule has 0 spiro atoms. The van der Waals surface area contributed by atoms with Gasteiger partial charge in [0.25, 0.3) is 11.7 Å². The van der Waals surface area contributed by atoms with E-state index >= 15 is 0 Å². The van der Waals surface area contributed by atoms with Crippen molar-refractivity contribution in [2.24, 2.45) is 35.5 Å². The Morgan fingerprint density at radius 3 is 2.22 bits per heavy atom. The average Bonchev–Trinajstić information content (AvgIpc) is 3.37. The normalized spacial score (nSPS) is 26.8. The van der Waals surface area contributed by atoms with Gasteiger partial charge in [0.2, 0.25) is 5.79 Å². The summed E-state index contributed by atoms with van der Waals surface area (Å²) in [6, 6.07) is -1.22. The van der Waals surface area contributed by atoms with Crippen LogP contribution in [0.5, 0.6) is 0 Å². The quantitative estimate of drug-likeness (QED) is 0.0269. The van der Waals surface area contributed by atoms with Gasteiger partial charge in [0.15, 0.2) is 15.6 Å². The number of piperidine rings is 1. The molecule has 0 radical (unpaired) electrons. The van der Waals surface area contributed by atoms with Crippen LogP contribution in [0.2, 0.25) is 0 Å². The maximum atomic E-state index is 14.6. The first-order valence-electron chi connectivity index (χ1n) is 27.4. The Labute approximate surface area is 452 Å². The molecule has 1 amide bonds. The second kappa shape index (κ2) is 32.5.